The van der Waals surface area contributed by atoms with Gasteiger partial charge in [-0.3, -0.25) is 4.79 Å². The Morgan fingerprint density at radius 2 is 2.05 bits per heavy atom. The average molecular weight is 283 g/mol. The van der Waals surface area contributed by atoms with E-state index in [0.29, 0.717) is 0 Å². The van der Waals surface area contributed by atoms with Crippen LogP contribution in [0.2, 0.25) is 0 Å². The molecule has 104 valence electrons. The Morgan fingerprint density at radius 1 is 1.37 bits per heavy atom. The molecular formula is C14H20FN2OS+. The zero-order valence-corrected chi connectivity index (χ0v) is 12.1. The van der Waals surface area contributed by atoms with Gasteiger partial charge in [-0.1, -0.05) is 19.1 Å². The van der Waals surface area contributed by atoms with Gasteiger partial charge in [0.1, 0.15) is 11.2 Å². The van der Waals surface area contributed by atoms with E-state index in [9.17, 15) is 9.18 Å². The predicted octanol–water partition coefficient (Wildman–Crippen LogP) is 1.37. The van der Waals surface area contributed by atoms with Crippen molar-refractivity contribution >= 4 is 17.7 Å². The van der Waals surface area contributed by atoms with Crippen molar-refractivity contribution < 1.29 is 14.5 Å². The van der Waals surface area contributed by atoms with Crippen LogP contribution in [0, 0.1) is 5.82 Å². The Labute approximate surface area is 117 Å². The summed E-state index contributed by atoms with van der Waals surface area (Å²) in [4.78, 5) is 14.2. The van der Waals surface area contributed by atoms with Crippen LogP contribution in [0.1, 0.15) is 24.3 Å². The van der Waals surface area contributed by atoms with Crippen LogP contribution >= 0.6 is 11.8 Å². The first-order valence-corrected chi connectivity index (χ1v) is 7.61. The summed E-state index contributed by atoms with van der Waals surface area (Å²) in [6, 6.07) is 6.48. The number of carbonyl (C=O) groups excluding carboxylic acids is 1. The van der Waals surface area contributed by atoms with E-state index in [-0.39, 0.29) is 22.3 Å². The van der Waals surface area contributed by atoms with Gasteiger partial charge >= 0.3 is 0 Å². The summed E-state index contributed by atoms with van der Waals surface area (Å²) >= 11 is 1.68. The molecule has 19 heavy (non-hydrogen) atoms. The highest BCUT2D eigenvalue weighted by molar-refractivity contribution is 8.01. The second-order valence-electron chi connectivity index (χ2n) is 4.67. The van der Waals surface area contributed by atoms with Crippen LogP contribution in [0.4, 0.5) is 4.39 Å². The summed E-state index contributed by atoms with van der Waals surface area (Å²) in [5.74, 6) is -0.0257. The van der Waals surface area contributed by atoms with Crippen molar-refractivity contribution in [1.82, 2.24) is 4.90 Å². The van der Waals surface area contributed by atoms with Crippen LogP contribution < -0.4 is 5.32 Å². The number of benzene rings is 1. The molecule has 1 aromatic rings. The Hall–Kier alpha value is -1.07. The molecule has 1 aliphatic heterocycles. The molecule has 1 saturated heterocycles. The number of nitrogens with two attached hydrogens (primary N) is 1. The highest BCUT2D eigenvalue weighted by Gasteiger charge is 2.39. The number of rotatable bonds is 5. The molecule has 1 heterocycles. The highest BCUT2D eigenvalue weighted by Crippen LogP contribution is 2.43. The summed E-state index contributed by atoms with van der Waals surface area (Å²) in [7, 11) is 2.00. The Morgan fingerprint density at radius 3 is 2.63 bits per heavy atom. The third kappa shape index (κ3) is 3.09. The van der Waals surface area contributed by atoms with Gasteiger partial charge in [-0.05, 0) is 24.1 Å². The molecule has 0 bridgehead atoms. The van der Waals surface area contributed by atoms with Gasteiger partial charge in [0.15, 0.2) is 0 Å². The maximum Gasteiger partial charge on any atom is 0.237 e. The SMILES string of the molecule is CC[C@@H]1S[C@@H](c2ccc(F)cc2)N(CC[NH2+]C)C1=O. The molecule has 1 aliphatic rings. The van der Waals surface area contributed by atoms with Crippen LogP contribution in [-0.4, -0.2) is 36.2 Å². The lowest BCUT2D eigenvalue weighted by Gasteiger charge is -2.23. The number of amides is 1. The van der Waals surface area contributed by atoms with E-state index in [2.05, 4.69) is 5.32 Å². The number of halogens is 1. The van der Waals surface area contributed by atoms with Crippen molar-refractivity contribution in [3.05, 3.63) is 35.6 Å². The highest BCUT2D eigenvalue weighted by atomic mass is 32.2. The zero-order chi connectivity index (χ0) is 13.8. The van der Waals surface area contributed by atoms with Gasteiger partial charge in [0.2, 0.25) is 5.91 Å². The largest absolute Gasteiger partial charge is 0.347 e. The molecule has 0 unspecified atom stereocenters. The normalized spacial score (nSPS) is 23.1. The fraction of sp³-hybridized carbons (Fsp3) is 0.500. The molecule has 1 fully saturated rings. The van der Waals surface area contributed by atoms with Gasteiger partial charge in [0.25, 0.3) is 0 Å². The van der Waals surface area contributed by atoms with Crippen LogP contribution in [0.5, 0.6) is 0 Å². The molecule has 3 nitrogen and oxygen atoms in total. The summed E-state index contributed by atoms with van der Waals surface area (Å²) in [6.07, 6.45) is 0.841. The maximum absolute atomic E-state index is 13.0. The average Bonchev–Trinajstić information content (AvgIpc) is 2.74. The number of thioether (sulfide) groups is 1. The zero-order valence-electron chi connectivity index (χ0n) is 11.3. The monoisotopic (exact) mass is 283 g/mol. The molecule has 0 aromatic heterocycles. The molecule has 0 radical (unpaired) electrons. The van der Waals surface area contributed by atoms with Gasteiger partial charge < -0.3 is 10.2 Å². The smallest absolute Gasteiger partial charge is 0.237 e. The number of likely N-dealkylation sites (N-methyl/N-ethyl adjacent to an activating group) is 1. The number of quaternary nitrogens is 1. The summed E-state index contributed by atoms with van der Waals surface area (Å²) in [6.45, 7) is 3.66. The fourth-order valence-electron chi connectivity index (χ4n) is 2.24. The minimum absolute atomic E-state index is 0.0259. The van der Waals surface area contributed by atoms with Crippen molar-refractivity contribution in [3.63, 3.8) is 0 Å². The van der Waals surface area contributed by atoms with Crippen LogP contribution in [0.3, 0.4) is 0 Å². The van der Waals surface area contributed by atoms with E-state index >= 15 is 0 Å². The lowest BCUT2D eigenvalue weighted by atomic mass is 10.2. The van der Waals surface area contributed by atoms with Crippen LogP contribution in [0.15, 0.2) is 24.3 Å². The summed E-state index contributed by atoms with van der Waals surface area (Å²) in [5, 5.41) is 2.13. The Balaban J connectivity index is 2.20. The van der Waals surface area contributed by atoms with Crippen molar-refractivity contribution in [2.45, 2.75) is 24.0 Å². The maximum atomic E-state index is 13.0. The minimum Gasteiger partial charge on any atom is -0.347 e. The molecule has 0 aliphatic carbocycles. The van der Waals surface area contributed by atoms with E-state index in [1.54, 1.807) is 23.9 Å². The fourth-order valence-corrected chi connectivity index (χ4v) is 3.67. The summed E-state index contributed by atoms with van der Waals surface area (Å²) in [5.41, 5.74) is 1.01. The first-order valence-electron chi connectivity index (χ1n) is 6.66. The molecule has 0 spiro atoms. The molecule has 5 heteroatoms. The Kier molecular flexibility index (Phi) is 4.82. The van der Waals surface area contributed by atoms with Gasteiger partial charge in [0.05, 0.1) is 25.4 Å². The number of carbonyl (C=O) groups is 1. The standard InChI is InChI=1S/C14H19FN2OS/c1-3-12-13(18)17(9-8-16-2)14(19-12)10-4-6-11(15)7-5-10/h4-7,12,14,16H,3,8-9H2,1-2H3/p+1/t12-,14-/m0/s1. The summed E-state index contributed by atoms with van der Waals surface area (Å²) < 4.78 is 13.0. The second-order valence-corrected chi connectivity index (χ2v) is 5.95. The van der Waals surface area contributed by atoms with E-state index in [1.807, 2.05) is 18.9 Å². The van der Waals surface area contributed by atoms with E-state index in [0.717, 1.165) is 25.1 Å². The predicted molar refractivity (Wildman–Crippen MR) is 75.2 cm³/mol. The van der Waals surface area contributed by atoms with Gasteiger partial charge in [-0.2, -0.15) is 0 Å². The van der Waals surface area contributed by atoms with Crippen molar-refractivity contribution in [3.8, 4) is 0 Å². The van der Waals surface area contributed by atoms with Gasteiger partial charge in [-0.15, -0.1) is 11.8 Å². The topological polar surface area (TPSA) is 36.9 Å². The van der Waals surface area contributed by atoms with Crippen LogP contribution in [-0.2, 0) is 4.79 Å². The Bertz CT molecular complexity index is 438. The first-order chi connectivity index (χ1) is 9.17. The van der Waals surface area contributed by atoms with Crippen molar-refractivity contribution in [2.75, 3.05) is 20.1 Å². The molecule has 1 amide bonds. The lowest BCUT2D eigenvalue weighted by molar-refractivity contribution is -0.626. The first kappa shape index (κ1) is 14.3. The molecule has 1 aromatic carbocycles. The number of hydrogen-bond donors (Lipinski definition) is 1. The minimum atomic E-state index is -0.237. The third-order valence-electron chi connectivity index (χ3n) is 3.32. The molecule has 0 saturated carbocycles. The number of nitrogens with zero attached hydrogens (tertiary/aromatic N) is 1. The third-order valence-corrected chi connectivity index (χ3v) is 4.97. The quantitative estimate of drug-likeness (QED) is 0.886. The van der Waals surface area contributed by atoms with Gasteiger partial charge in [0, 0.05) is 0 Å². The molecule has 2 rings (SSSR count). The van der Waals surface area contributed by atoms with Gasteiger partial charge in [-0.25, -0.2) is 4.39 Å². The molecule has 2 N–H and O–H groups in total. The van der Waals surface area contributed by atoms with Crippen LogP contribution in [0.25, 0.3) is 0 Å². The van der Waals surface area contributed by atoms with E-state index < -0.39 is 0 Å². The number of hydrogen-bond acceptors (Lipinski definition) is 2. The van der Waals surface area contributed by atoms with Crippen molar-refractivity contribution in [2.24, 2.45) is 0 Å². The molecule has 2 atom stereocenters. The molecular weight excluding hydrogens is 263 g/mol. The van der Waals surface area contributed by atoms with E-state index in [4.69, 9.17) is 0 Å². The lowest BCUT2D eigenvalue weighted by Crippen LogP contribution is -2.81. The van der Waals surface area contributed by atoms with E-state index in [1.165, 1.54) is 12.1 Å². The second kappa shape index (κ2) is 6.39. The van der Waals surface area contributed by atoms with Crippen molar-refractivity contribution in [1.29, 1.82) is 0 Å².